The first kappa shape index (κ1) is 13.0. The molecule has 1 unspecified atom stereocenters. The van der Waals surface area contributed by atoms with Crippen molar-refractivity contribution in [2.24, 2.45) is 5.73 Å². The molecule has 0 aliphatic carbocycles. The molecule has 16 heavy (non-hydrogen) atoms. The van der Waals surface area contributed by atoms with Crippen LogP contribution in [-0.4, -0.2) is 12.7 Å². The van der Waals surface area contributed by atoms with Crippen molar-refractivity contribution in [1.82, 2.24) is 0 Å². The van der Waals surface area contributed by atoms with Gasteiger partial charge in [-0.05, 0) is 43.5 Å². The monoisotopic (exact) mass is 231 g/mol. The Hall–Kier alpha value is -1.03. The smallest absolute Gasteiger partial charge is 0.330 e. The fraction of sp³-hybridized carbons (Fsp3) is 0.500. The van der Waals surface area contributed by atoms with Crippen LogP contribution >= 0.6 is 0 Å². The highest BCUT2D eigenvalue weighted by atomic mass is 19.4. The maximum atomic E-state index is 12.8. The van der Waals surface area contributed by atoms with Gasteiger partial charge in [-0.2, -0.15) is 13.2 Å². The second kappa shape index (κ2) is 4.87. The van der Waals surface area contributed by atoms with Crippen LogP contribution in [0.3, 0.4) is 0 Å². The van der Waals surface area contributed by atoms with Gasteiger partial charge in [-0.3, -0.25) is 0 Å². The first-order chi connectivity index (χ1) is 7.36. The zero-order chi connectivity index (χ0) is 12.3. The SMILES string of the molecule is Cc1ccc(C(CCN)C(F)(F)F)cc1C. The normalized spacial score (nSPS) is 13.9. The summed E-state index contributed by atoms with van der Waals surface area (Å²) in [6.07, 6.45) is -4.28. The summed E-state index contributed by atoms with van der Waals surface area (Å²) < 4.78 is 38.3. The minimum atomic E-state index is -4.22. The van der Waals surface area contributed by atoms with Gasteiger partial charge in [0.05, 0.1) is 5.92 Å². The van der Waals surface area contributed by atoms with Crippen molar-refractivity contribution in [3.8, 4) is 0 Å². The molecule has 0 aromatic heterocycles. The predicted octanol–water partition coefficient (Wildman–Crippen LogP) is 3.30. The summed E-state index contributed by atoms with van der Waals surface area (Å²) in [5, 5.41) is 0. The number of aryl methyl sites for hydroxylation is 2. The average Bonchev–Trinajstić information content (AvgIpc) is 2.17. The van der Waals surface area contributed by atoms with Crippen LogP contribution in [0.1, 0.15) is 29.0 Å². The number of nitrogens with two attached hydrogens (primary N) is 1. The third-order valence-corrected chi connectivity index (χ3v) is 2.78. The number of hydrogen-bond acceptors (Lipinski definition) is 1. The zero-order valence-electron chi connectivity index (χ0n) is 9.43. The van der Waals surface area contributed by atoms with E-state index in [0.717, 1.165) is 11.1 Å². The van der Waals surface area contributed by atoms with Crippen molar-refractivity contribution in [2.75, 3.05) is 6.54 Å². The summed E-state index contributed by atoms with van der Waals surface area (Å²) in [5.74, 6) is -1.45. The third-order valence-electron chi connectivity index (χ3n) is 2.78. The van der Waals surface area contributed by atoms with Crippen LogP contribution in [0, 0.1) is 13.8 Å². The summed E-state index contributed by atoms with van der Waals surface area (Å²) in [6.45, 7) is 3.73. The molecule has 0 saturated heterocycles. The molecule has 0 amide bonds. The number of benzene rings is 1. The molecule has 0 fully saturated rings. The van der Waals surface area contributed by atoms with E-state index in [9.17, 15) is 13.2 Å². The minimum absolute atomic E-state index is 0.0388. The molecule has 1 atom stereocenters. The molecule has 1 aromatic rings. The summed E-state index contributed by atoms with van der Waals surface area (Å²) in [7, 11) is 0. The Kier molecular flexibility index (Phi) is 3.97. The zero-order valence-corrected chi connectivity index (χ0v) is 9.43. The average molecular weight is 231 g/mol. The lowest BCUT2D eigenvalue weighted by molar-refractivity contribution is -0.151. The number of hydrogen-bond donors (Lipinski definition) is 1. The first-order valence-corrected chi connectivity index (χ1v) is 5.20. The van der Waals surface area contributed by atoms with Gasteiger partial charge in [0.1, 0.15) is 0 Å². The van der Waals surface area contributed by atoms with E-state index >= 15 is 0 Å². The van der Waals surface area contributed by atoms with E-state index in [0.29, 0.717) is 5.56 Å². The molecule has 0 spiro atoms. The van der Waals surface area contributed by atoms with Crippen molar-refractivity contribution in [2.45, 2.75) is 32.4 Å². The molecular weight excluding hydrogens is 215 g/mol. The summed E-state index contributed by atoms with van der Waals surface area (Å²) in [5.41, 5.74) is 7.41. The quantitative estimate of drug-likeness (QED) is 0.848. The largest absolute Gasteiger partial charge is 0.395 e. The minimum Gasteiger partial charge on any atom is -0.330 e. The van der Waals surface area contributed by atoms with Crippen LogP contribution in [-0.2, 0) is 0 Å². The second-order valence-corrected chi connectivity index (χ2v) is 4.02. The van der Waals surface area contributed by atoms with Gasteiger partial charge in [-0.1, -0.05) is 18.2 Å². The molecule has 0 saturated carbocycles. The molecule has 0 heterocycles. The standard InChI is InChI=1S/C12H16F3N/c1-8-3-4-10(7-9(8)2)11(5-6-16)12(13,14)15/h3-4,7,11H,5-6,16H2,1-2H3. The van der Waals surface area contributed by atoms with Gasteiger partial charge in [0.2, 0.25) is 0 Å². The molecule has 90 valence electrons. The summed E-state index contributed by atoms with van der Waals surface area (Å²) >= 11 is 0. The van der Waals surface area contributed by atoms with Crippen LogP contribution < -0.4 is 5.73 Å². The maximum absolute atomic E-state index is 12.8. The molecule has 0 radical (unpaired) electrons. The lowest BCUT2D eigenvalue weighted by Crippen LogP contribution is -2.23. The van der Waals surface area contributed by atoms with Crippen molar-refractivity contribution >= 4 is 0 Å². The Labute approximate surface area is 93.5 Å². The van der Waals surface area contributed by atoms with Crippen molar-refractivity contribution in [3.63, 3.8) is 0 Å². The molecule has 1 rings (SSSR count). The molecule has 0 aliphatic heterocycles. The van der Waals surface area contributed by atoms with Gasteiger partial charge in [0.25, 0.3) is 0 Å². The number of alkyl halides is 3. The Morgan fingerprint density at radius 2 is 1.81 bits per heavy atom. The highest BCUT2D eigenvalue weighted by Crippen LogP contribution is 2.37. The van der Waals surface area contributed by atoms with Crippen molar-refractivity contribution in [1.29, 1.82) is 0 Å². The predicted molar refractivity (Wildman–Crippen MR) is 58.4 cm³/mol. The Morgan fingerprint density at radius 1 is 1.19 bits per heavy atom. The van der Waals surface area contributed by atoms with Crippen LogP contribution in [0.5, 0.6) is 0 Å². The Morgan fingerprint density at radius 3 is 2.25 bits per heavy atom. The number of halogens is 3. The number of rotatable bonds is 3. The molecule has 2 N–H and O–H groups in total. The molecular formula is C12H16F3N. The van der Waals surface area contributed by atoms with Gasteiger partial charge in [-0.25, -0.2) is 0 Å². The van der Waals surface area contributed by atoms with E-state index in [1.165, 1.54) is 6.07 Å². The highest BCUT2D eigenvalue weighted by molar-refractivity contribution is 5.32. The van der Waals surface area contributed by atoms with Crippen LogP contribution in [0.4, 0.5) is 13.2 Å². The van der Waals surface area contributed by atoms with E-state index in [2.05, 4.69) is 0 Å². The fourth-order valence-corrected chi connectivity index (χ4v) is 1.67. The van der Waals surface area contributed by atoms with E-state index in [-0.39, 0.29) is 13.0 Å². The second-order valence-electron chi connectivity index (χ2n) is 4.02. The van der Waals surface area contributed by atoms with E-state index < -0.39 is 12.1 Å². The Balaban J connectivity index is 3.06. The van der Waals surface area contributed by atoms with E-state index in [4.69, 9.17) is 5.73 Å². The molecule has 1 aromatic carbocycles. The first-order valence-electron chi connectivity index (χ1n) is 5.20. The molecule has 0 bridgehead atoms. The highest BCUT2D eigenvalue weighted by Gasteiger charge is 2.39. The molecule has 4 heteroatoms. The van der Waals surface area contributed by atoms with Gasteiger partial charge in [0, 0.05) is 0 Å². The third kappa shape index (κ3) is 2.98. The topological polar surface area (TPSA) is 26.0 Å². The van der Waals surface area contributed by atoms with Crippen molar-refractivity contribution < 1.29 is 13.2 Å². The maximum Gasteiger partial charge on any atom is 0.395 e. The van der Waals surface area contributed by atoms with Gasteiger partial charge in [-0.15, -0.1) is 0 Å². The van der Waals surface area contributed by atoms with Crippen molar-refractivity contribution in [3.05, 3.63) is 34.9 Å². The van der Waals surface area contributed by atoms with E-state index in [1.807, 2.05) is 13.8 Å². The van der Waals surface area contributed by atoms with Crippen LogP contribution in [0.2, 0.25) is 0 Å². The summed E-state index contributed by atoms with van der Waals surface area (Å²) in [4.78, 5) is 0. The van der Waals surface area contributed by atoms with Gasteiger partial charge in [0.15, 0.2) is 0 Å². The molecule has 1 nitrogen and oxygen atoms in total. The molecule has 0 aliphatic rings. The summed E-state index contributed by atoms with van der Waals surface area (Å²) in [6, 6.07) is 4.86. The van der Waals surface area contributed by atoms with Gasteiger partial charge >= 0.3 is 6.18 Å². The van der Waals surface area contributed by atoms with E-state index in [1.54, 1.807) is 12.1 Å². The van der Waals surface area contributed by atoms with Crippen LogP contribution in [0.15, 0.2) is 18.2 Å². The Bertz CT molecular complexity index is 358. The lowest BCUT2D eigenvalue weighted by atomic mass is 9.92. The van der Waals surface area contributed by atoms with Gasteiger partial charge < -0.3 is 5.73 Å². The van der Waals surface area contributed by atoms with Crippen LogP contribution in [0.25, 0.3) is 0 Å². The lowest BCUT2D eigenvalue weighted by Gasteiger charge is -2.20. The fourth-order valence-electron chi connectivity index (χ4n) is 1.67.